The lowest BCUT2D eigenvalue weighted by atomic mass is 9.85. The molecule has 3 aromatic rings. The summed E-state index contributed by atoms with van der Waals surface area (Å²) in [6.45, 7) is -0.820. The molecule has 0 radical (unpaired) electrons. The summed E-state index contributed by atoms with van der Waals surface area (Å²) in [6.07, 6.45) is 6.08. The largest absolute Gasteiger partial charge is 0.481 e. The van der Waals surface area contributed by atoms with E-state index in [0.29, 0.717) is 42.0 Å². The zero-order valence-corrected chi connectivity index (χ0v) is 32.0. The Hall–Kier alpha value is -6.20. The van der Waals surface area contributed by atoms with Gasteiger partial charge in [-0.3, -0.25) is 42.8 Å². The smallest absolute Gasteiger partial charge is 0.380 e. The van der Waals surface area contributed by atoms with Crippen molar-refractivity contribution >= 4 is 59.1 Å². The second kappa shape index (κ2) is 18.4. The maximum absolute atomic E-state index is 13.8. The van der Waals surface area contributed by atoms with Crippen LogP contribution >= 0.6 is 0 Å². The summed E-state index contributed by atoms with van der Waals surface area (Å²) in [5, 5.41) is 40.3. The number of carboxylic acids is 4. The van der Waals surface area contributed by atoms with E-state index in [0.717, 1.165) is 16.3 Å². The number of benzene rings is 1. The standard InChI is InChI=1S/C35H42N8O14S/c44-23-57-16-10-35(8-5-30(47)48,9-6-31(49)50)36-26(45)17-38-11-13-41-27(38)21-43(15-7-24-1-3-25(4-2-24)37-58(55)56)22-28-39(12-14-42(28)34(41)43)18-29(46)40(19-32(51)52)20-33(53)54/h1-4,11-14,23,34,37H,5-10,15-22H2,(H3-3,36,45,47,48,49,50,51,52,53,54,55,56)/p+3. The second-order valence-corrected chi connectivity index (χ2v) is 15.0. The number of hydrogen-bond donors (Lipinski definition) is 7. The average molecular weight is 834 g/mol. The van der Waals surface area contributed by atoms with Gasteiger partial charge < -0.3 is 35.4 Å². The van der Waals surface area contributed by atoms with E-state index in [1.807, 2.05) is 21.3 Å². The van der Waals surface area contributed by atoms with Crippen molar-refractivity contribution in [1.82, 2.24) is 19.4 Å². The molecular formula is C35H45N8O14S+3. The first-order valence-electron chi connectivity index (χ1n) is 18.1. The number of aliphatic carboxylic acids is 4. The van der Waals surface area contributed by atoms with Gasteiger partial charge in [-0.05, 0) is 30.5 Å². The minimum Gasteiger partial charge on any atom is -0.481 e. The topological polar surface area (TPSA) is 292 Å². The quantitative estimate of drug-likeness (QED) is 0.0181. The highest BCUT2D eigenvalue weighted by atomic mass is 32.2. The zero-order valence-electron chi connectivity index (χ0n) is 31.2. The number of amides is 2. The van der Waals surface area contributed by atoms with Crippen molar-refractivity contribution in [2.75, 3.05) is 31.0 Å². The van der Waals surface area contributed by atoms with Crippen molar-refractivity contribution in [3.63, 3.8) is 0 Å². The molecule has 0 saturated carbocycles. The van der Waals surface area contributed by atoms with Crippen LogP contribution < -0.4 is 19.2 Å². The van der Waals surface area contributed by atoms with Crippen molar-refractivity contribution in [3.8, 4) is 0 Å². The number of carbonyl (C=O) groups is 7. The van der Waals surface area contributed by atoms with Crippen LogP contribution in [0.15, 0.2) is 49.1 Å². The third-order valence-corrected chi connectivity index (χ3v) is 10.8. The zero-order chi connectivity index (χ0) is 42.2. The van der Waals surface area contributed by atoms with Gasteiger partial charge in [0.25, 0.3) is 29.6 Å². The molecule has 0 saturated heterocycles. The van der Waals surface area contributed by atoms with E-state index in [1.165, 1.54) is 0 Å². The molecule has 2 aliphatic rings. The van der Waals surface area contributed by atoms with Crippen LogP contribution in [0.5, 0.6) is 0 Å². The van der Waals surface area contributed by atoms with Gasteiger partial charge in [0.15, 0.2) is 26.2 Å². The van der Waals surface area contributed by atoms with Crippen molar-refractivity contribution in [2.45, 2.75) is 76.5 Å². The van der Waals surface area contributed by atoms with E-state index in [9.17, 15) is 62.7 Å². The summed E-state index contributed by atoms with van der Waals surface area (Å²) >= 11 is -2.25. The predicted molar refractivity (Wildman–Crippen MR) is 194 cm³/mol. The molecule has 23 heteroatoms. The summed E-state index contributed by atoms with van der Waals surface area (Å²) in [6, 6.07) is 6.98. The first-order chi connectivity index (χ1) is 27.5. The van der Waals surface area contributed by atoms with Gasteiger partial charge in [0.2, 0.25) is 0 Å². The summed E-state index contributed by atoms with van der Waals surface area (Å²) in [5.74, 6) is -4.80. The van der Waals surface area contributed by atoms with Gasteiger partial charge in [-0.2, -0.15) is 0 Å². The molecule has 0 fully saturated rings. The second-order valence-electron chi connectivity index (χ2n) is 14.3. The summed E-state index contributed by atoms with van der Waals surface area (Å²) in [7, 11) is 0. The molecule has 5 rings (SSSR count). The number of hydrogen-bond acceptors (Lipinski definition) is 9. The predicted octanol–water partition coefficient (Wildman–Crippen LogP) is -1.35. The van der Waals surface area contributed by atoms with E-state index < -0.39 is 71.9 Å². The number of quaternary nitrogens is 1. The minimum absolute atomic E-state index is 0.0170. The van der Waals surface area contributed by atoms with E-state index in [4.69, 9.17) is 4.74 Å². The Balaban J connectivity index is 1.44. The van der Waals surface area contributed by atoms with Crippen LogP contribution in [0, 0.1) is 0 Å². The first-order valence-corrected chi connectivity index (χ1v) is 19.2. The number of imidazole rings is 2. The maximum Gasteiger partial charge on any atom is 0.380 e. The van der Waals surface area contributed by atoms with Crippen LogP contribution in [0.2, 0.25) is 0 Å². The molecule has 2 aliphatic heterocycles. The van der Waals surface area contributed by atoms with Crippen molar-refractivity contribution in [3.05, 3.63) is 66.3 Å². The normalized spacial score (nSPS) is 17.0. The van der Waals surface area contributed by atoms with Gasteiger partial charge in [0.1, 0.15) is 37.9 Å². The molecule has 312 valence electrons. The fourth-order valence-electron chi connectivity index (χ4n) is 7.76. The van der Waals surface area contributed by atoms with Crippen molar-refractivity contribution in [2.24, 2.45) is 0 Å². The number of anilines is 1. The fourth-order valence-corrected chi connectivity index (χ4v) is 8.10. The number of carboxylic acid groups (broad SMARTS) is 4. The number of aromatic nitrogens is 4. The summed E-state index contributed by atoms with van der Waals surface area (Å²) < 4.78 is 35.4. The maximum atomic E-state index is 13.8. The van der Waals surface area contributed by atoms with E-state index in [1.54, 1.807) is 46.1 Å². The molecule has 58 heavy (non-hydrogen) atoms. The molecule has 7 N–H and O–H groups in total. The van der Waals surface area contributed by atoms with Crippen molar-refractivity contribution in [1.29, 1.82) is 0 Å². The van der Waals surface area contributed by atoms with E-state index >= 15 is 0 Å². The number of nitrogens with zero attached hydrogens (tertiary/aromatic N) is 6. The van der Waals surface area contributed by atoms with Crippen LogP contribution in [-0.2, 0) is 82.2 Å². The number of rotatable bonds is 24. The number of fused-ring (bicyclic) bond motifs is 5. The Morgan fingerprint density at radius 1 is 0.862 bits per heavy atom. The Labute approximate surface area is 332 Å². The highest BCUT2D eigenvalue weighted by Crippen LogP contribution is 2.42. The van der Waals surface area contributed by atoms with Gasteiger partial charge in [-0.1, -0.05) is 12.1 Å². The minimum atomic E-state index is -2.25. The third-order valence-electron chi connectivity index (χ3n) is 10.4. The Morgan fingerprint density at radius 3 is 1.91 bits per heavy atom. The lowest BCUT2D eigenvalue weighted by Crippen LogP contribution is -2.55. The van der Waals surface area contributed by atoms with Gasteiger partial charge in [0.05, 0.1) is 13.2 Å². The van der Waals surface area contributed by atoms with Gasteiger partial charge >= 0.3 is 41.8 Å². The monoisotopic (exact) mass is 833 g/mol. The fraction of sp³-hybridized carbons (Fsp3) is 0.457. The van der Waals surface area contributed by atoms with E-state index in [-0.39, 0.29) is 58.3 Å². The third kappa shape index (κ3) is 10.4. The van der Waals surface area contributed by atoms with Gasteiger partial charge in [-0.15, -0.1) is 9.13 Å². The molecule has 4 heterocycles. The number of ether oxygens (including phenoxy) is 1. The summed E-state index contributed by atoms with van der Waals surface area (Å²) in [4.78, 5) is 84.5. The molecule has 0 bridgehead atoms. The Kier molecular flexibility index (Phi) is 13.6. The highest BCUT2D eigenvalue weighted by Gasteiger charge is 2.63. The number of nitrogens with one attached hydrogen (secondary N) is 2. The Bertz CT molecular complexity index is 2050. The van der Waals surface area contributed by atoms with Crippen LogP contribution in [0.4, 0.5) is 5.69 Å². The highest BCUT2D eigenvalue weighted by molar-refractivity contribution is 7.80. The molecular weight excluding hydrogens is 788 g/mol. The van der Waals surface area contributed by atoms with Crippen molar-refractivity contribution < 1.29 is 81.1 Å². The lowest BCUT2D eigenvalue weighted by molar-refractivity contribution is -0.981. The van der Waals surface area contributed by atoms with Crippen LogP contribution in [0.3, 0.4) is 0 Å². The van der Waals surface area contributed by atoms with Gasteiger partial charge in [0, 0.05) is 36.9 Å². The van der Waals surface area contributed by atoms with E-state index in [2.05, 4.69) is 10.0 Å². The molecule has 22 nitrogen and oxygen atoms in total. The first kappa shape index (κ1) is 42.9. The molecule has 3 unspecified atom stereocenters. The molecule has 2 aromatic heterocycles. The van der Waals surface area contributed by atoms with Crippen LogP contribution in [0.1, 0.15) is 55.6 Å². The SMILES string of the molecule is O=COCCC(CCC(=O)O)(CCC(=O)O)NC(=O)C[n+]1ccn2c1C[N+]1(CCc3ccc(NS(=O)O)cc3)Cc3n(cc[n+]3CC(=O)N(CC(=O)O)CC(=O)O)C21. The molecule has 0 spiro atoms. The Morgan fingerprint density at radius 2 is 1.41 bits per heavy atom. The summed E-state index contributed by atoms with van der Waals surface area (Å²) in [5.41, 5.74) is 0.0560. The number of carbonyl (C=O) groups excluding carboxylic acids is 3. The molecule has 0 aliphatic carbocycles. The molecule has 2 amide bonds. The lowest BCUT2D eigenvalue weighted by Gasteiger charge is -2.34. The van der Waals surface area contributed by atoms with Crippen LogP contribution in [0.25, 0.3) is 0 Å². The van der Waals surface area contributed by atoms with Crippen LogP contribution in [-0.4, -0.2) is 122 Å². The average Bonchev–Trinajstić information content (AvgIpc) is 3.87. The van der Waals surface area contributed by atoms with Gasteiger partial charge in [-0.25, -0.2) is 17.8 Å². The molecule has 3 atom stereocenters. The molecule has 1 aromatic carbocycles.